The van der Waals surface area contributed by atoms with E-state index in [1.165, 1.54) is 4.90 Å². The van der Waals surface area contributed by atoms with Crippen LogP contribution in [0.2, 0.25) is 5.02 Å². The van der Waals surface area contributed by atoms with Gasteiger partial charge in [-0.1, -0.05) is 29.0 Å². The van der Waals surface area contributed by atoms with Crippen molar-refractivity contribution in [1.82, 2.24) is 14.8 Å². The predicted molar refractivity (Wildman–Crippen MR) is 106 cm³/mol. The number of para-hydroxylation sites is 1. The van der Waals surface area contributed by atoms with Crippen molar-refractivity contribution in [3.8, 4) is 0 Å². The Labute approximate surface area is 166 Å². The zero-order valence-electron chi connectivity index (χ0n) is 15.1. The highest BCUT2D eigenvalue weighted by Crippen LogP contribution is 2.34. The largest absolute Gasteiger partial charge is 0.383 e. The number of aromatic nitrogens is 1. The average molecular weight is 409 g/mol. The number of carbonyl (C=O) groups excluding carboxylic acids is 2. The van der Waals surface area contributed by atoms with Gasteiger partial charge in [0.2, 0.25) is 5.91 Å². The van der Waals surface area contributed by atoms with Crippen LogP contribution in [0, 0.1) is 0 Å². The number of methoxy groups -OCH3 is 1. The monoisotopic (exact) mass is 408 g/mol. The summed E-state index contributed by atoms with van der Waals surface area (Å²) in [5, 5.41) is 1.63. The van der Waals surface area contributed by atoms with E-state index < -0.39 is 0 Å². The molecule has 3 amide bonds. The maximum atomic E-state index is 12.6. The molecule has 7 nitrogen and oxygen atoms in total. The molecule has 0 spiro atoms. The van der Waals surface area contributed by atoms with Crippen molar-refractivity contribution in [3.63, 3.8) is 0 Å². The number of ether oxygens (including phenoxy) is 1. The van der Waals surface area contributed by atoms with Gasteiger partial charge in [-0.05, 0) is 25.0 Å². The quantitative estimate of drug-likeness (QED) is 0.712. The Balaban J connectivity index is 1.40. The Hall–Kier alpha value is -1.90. The van der Waals surface area contributed by atoms with E-state index >= 15 is 0 Å². The Morgan fingerprint density at radius 2 is 2.07 bits per heavy atom. The van der Waals surface area contributed by atoms with Crippen molar-refractivity contribution in [1.29, 1.82) is 0 Å². The SMILES string of the molecule is COCCN1C(=O)CN(C2CCN(c3nc4c(Cl)cccc4s3)CC2)C1=O. The number of carbonyl (C=O) groups is 2. The molecule has 2 aromatic rings. The smallest absolute Gasteiger partial charge is 0.327 e. The Morgan fingerprint density at radius 3 is 2.78 bits per heavy atom. The van der Waals surface area contributed by atoms with Crippen molar-refractivity contribution in [2.24, 2.45) is 0 Å². The number of hydrogen-bond acceptors (Lipinski definition) is 6. The third-order valence-corrected chi connectivity index (χ3v) is 6.52. The number of anilines is 1. The van der Waals surface area contributed by atoms with E-state index in [4.69, 9.17) is 16.3 Å². The summed E-state index contributed by atoms with van der Waals surface area (Å²) in [5.74, 6) is -0.139. The molecular formula is C18H21ClN4O3S. The van der Waals surface area contributed by atoms with Crippen LogP contribution in [0.25, 0.3) is 10.2 Å². The number of imide groups is 1. The lowest BCUT2D eigenvalue weighted by molar-refractivity contribution is -0.125. The maximum Gasteiger partial charge on any atom is 0.327 e. The number of piperidine rings is 1. The molecule has 27 heavy (non-hydrogen) atoms. The van der Waals surface area contributed by atoms with Crippen LogP contribution in [0.5, 0.6) is 0 Å². The van der Waals surface area contributed by atoms with Crippen LogP contribution in [-0.4, -0.2) is 72.7 Å². The average Bonchev–Trinajstić information content (AvgIpc) is 3.23. The van der Waals surface area contributed by atoms with Crippen LogP contribution in [-0.2, 0) is 9.53 Å². The highest BCUT2D eigenvalue weighted by Gasteiger charge is 2.40. The second-order valence-corrected chi connectivity index (χ2v) is 8.17. The Morgan fingerprint density at radius 1 is 1.30 bits per heavy atom. The van der Waals surface area contributed by atoms with Gasteiger partial charge in [-0.15, -0.1) is 0 Å². The van der Waals surface area contributed by atoms with E-state index in [2.05, 4.69) is 9.88 Å². The maximum absolute atomic E-state index is 12.6. The molecule has 2 fully saturated rings. The minimum Gasteiger partial charge on any atom is -0.383 e. The topological polar surface area (TPSA) is 66.0 Å². The number of nitrogens with zero attached hydrogens (tertiary/aromatic N) is 4. The Kier molecular flexibility index (Phi) is 5.21. The molecule has 2 aliphatic rings. The van der Waals surface area contributed by atoms with Crippen LogP contribution in [0.1, 0.15) is 12.8 Å². The molecule has 144 valence electrons. The van der Waals surface area contributed by atoms with Gasteiger partial charge in [-0.3, -0.25) is 9.69 Å². The standard InChI is InChI=1S/C18H21ClN4O3S/c1-26-10-9-22-15(24)11-23(18(22)25)12-5-7-21(8-6-12)17-20-16-13(19)3-2-4-14(16)27-17/h2-4,12H,5-11H2,1H3. The summed E-state index contributed by atoms with van der Waals surface area (Å²) in [6.07, 6.45) is 1.64. The van der Waals surface area contributed by atoms with E-state index in [1.807, 2.05) is 18.2 Å². The minimum atomic E-state index is -0.192. The van der Waals surface area contributed by atoms with Crippen LogP contribution in [0.3, 0.4) is 0 Å². The van der Waals surface area contributed by atoms with Gasteiger partial charge < -0.3 is 14.5 Å². The number of benzene rings is 1. The first-order valence-corrected chi connectivity index (χ1v) is 10.2. The van der Waals surface area contributed by atoms with E-state index in [-0.39, 0.29) is 24.5 Å². The van der Waals surface area contributed by atoms with Gasteiger partial charge >= 0.3 is 6.03 Å². The lowest BCUT2D eigenvalue weighted by Crippen LogP contribution is -2.46. The van der Waals surface area contributed by atoms with E-state index in [9.17, 15) is 9.59 Å². The second kappa shape index (κ2) is 7.61. The zero-order valence-corrected chi connectivity index (χ0v) is 16.6. The van der Waals surface area contributed by atoms with E-state index in [0.717, 1.165) is 41.3 Å². The third kappa shape index (κ3) is 3.49. The molecule has 0 aliphatic carbocycles. The van der Waals surface area contributed by atoms with Crippen LogP contribution in [0.15, 0.2) is 18.2 Å². The molecule has 0 unspecified atom stereocenters. The van der Waals surface area contributed by atoms with Crippen molar-refractivity contribution in [2.75, 3.05) is 44.8 Å². The molecule has 2 aliphatic heterocycles. The lowest BCUT2D eigenvalue weighted by Gasteiger charge is -2.36. The number of hydrogen-bond donors (Lipinski definition) is 0. The fourth-order valence-electron chi connectivity index (χ4n) is 3.66. The van der Waals surface area contributed by atoms with Gasteiger partial charge in [-0.2, -0.15) is 0 Å². The second-order valence-electron chi connectivity index (χ2n) is 6.75. The number of urea groups is 1. The summed E-state index contributed by atoms with van der Waals surface area (Å²) < 4.78 is 6.07. The third-order valence-electron chi connectivity index (χ3n) is 5.14. The molecule has 0 atom stereocenters. The molecular weight excluding hydrogens is 388 g/mol. The van der Waals surface area contributed by atoms with Gasteiger partial charge in [0.25, 0.3) is 0 Å². The lowest BCUT2D eigenvalue weighted by atomic mass is 10.0. The molecule has 3 heterocycles. The number of thiazole rings is 1. The summed E-state index contributed by atoms with van der Waals surface area (Å²) in [5.41, 5.74) is 0.843. The number of fused-ring (bicyclic) bond motifs is 1. The van der Waals surface area contributed by atoms with Gasteiger partial charge in [0.1, 0.15) is 12.1 Å². The van der Waals surface area contributed by atoms with E-state index in [1.54, 1.807) is 23.3 Å². The van der Waals surface area contributed by atoms with Crippen LogP contribution in [0.4, 0.5) is 9.93 Å². The molecule has 0 bridgehead atoms. The van der Waals surface area contributed by atoms with Gasteiger partial charge in [0, 0.05) is 26.2 Å². The predicted octanol–water partition coefficient (Wildman–Crippen LogP) is 2.83. The zero-order chi connectivity index (χ0) is 19.0. The summed E-state index contributed by atoms with van der Waals surface area (Å²) in [4.78, 5) is 34.6. The molecule has 0 N–H and O–H groups in total. The van der Waals surface area contributed by atoms with Crippen LogP contribution < -0.4 is 4.90 Å². The van der Waals surface area contributed by atoms with Crippen LogP contribution >= 0.6 is 22.9 Å². The normalized spacial score (nSPS) is 19.0. The molecule has 9 heteroatoms. The molecule has 1 aromatic heterocycles. The number of amides is 3. The summed E-state index contributed by atoms with van der Waals surface area (Å²) in [6, 6.07) is 5.71. The highest BCUT2D eigenvalue weighted by atomic mass is 35.5. The fraction of sp³-hybridized carbons (Fsp3) is 0.500. The first-order chi connectivity index (χ1) is 13.1. The molecule has 4 rings (SSSR count). The first kappa shape index (κ1) is 18.5. The highest BCUT2D eigenvalue weighted by molar-refractivity contribution is 7.22. The summed E-state index contributed by atoms with van der Waals surface area (Å²) >= 11 is 7.87. The number of rotatable bonds is 5. The van der Waals surface area contributed by atoms with E-state index in [0.29, 0.717) is 18.2 Å². The molecule has 2 saturated heterocycles. The van der Waals surface area contributed by atoms with Crippen molar-refractivity contribution in [2.45, 2.75) is 18.9 Å². The molecule has 0 saturated carbocycles. The Bertz CT molecular complexity index is 865. The first-order valence-electron chi connectivity index (χ1n) is 8.98. The van der Waals surface area contributed by atoms with Crippen molar-refractivity contribution >= 4 is 50.2 Å². The molecule has 0 radical (unpaired) electrons. The van der Waals surface area contributed by atoms with Gasteiger partial charge in [0.05, 0.1) is 22.9 Å². The van der Waals surface area contributed by atoms with Gasteiger partial charge in [-0.25, -0.2) is 9.78 Å². The summed E-state index contributed by atoms with van der Waals surface area (Å²) in [6.45, 7) is 2.46. The number of halogens is 1. The summed E-state index contributed by atoms with van der Waals surface area (Å²) in [7, 11) is 1.56. The van der Waals surface area contributed by atoms with Gasteiger partial charge in [0.15, 0.2) is 5.13 Å². The molecule has 1 aromatic carbocycles. The van der Waals surface area contributed by atoms with Crippen molar-refractivity contribution < 1.29 is 14.3 Å². The minimum absolute atomic E-state index is 0.0863. The fourth-order valence-corrected chi connectivity index (χ4v) is 4.97. The van der Waals surface area contributed by atoms with Crippen molar-refractivity contribution in [3.05, 3.63) is 23.2 Å².